The van der Waals surface area contributed by atoms with Crippen LogP contribution in [0.25, 0.3) is 0 Å². The maximum atomic E-state index is 12.9. The maximum Gasteiger partial charge on any atom is 0.255 e. The fourth-order valence-electron chi connectivity index (χ4n) is 3.43. The lowest BCUT2D eigenvalue weighted by atomic mass is 10.1. The normalized spacial score (nSPS) is 14.2. The summed E-state index contributed by atoms with van der Waals surface area (Å²) in [7, 11) is -3.83. The summed E-state index contributed by atoms with van der Waals surface area (Å²) in [5, 5.41) is 2.87. The molecule has 3 rings (SSSR count). The Hall–Kier alpha value is -2.29. The SMILES string of the molecule is CS(=O)(=O)N(CC(=O)Nc1ccccc1C(=O)N1CCCCC1)c1cccc(Cl)c1Cl. The van der Waals surface area contributed by atoms with E-state index in [2.05, 4.69) is 5.32 Å². The highest BCUT2D eigenvalue weighted by Crippen LogP contribution is 2.33. The summed E-state index contributed by atoms with van der Waals surface area (Å²) in [6, 6.07) is 11.2. The molecular formula is C21H23Cl2N3O4S. The predicted octanol–water partition coefficient (Wildman–Crippen LogP) is 4.02. The summed E-state index contributed by atoms with van der Waals surface area (Å²) >= 11 is 12.2. The van der Waals surface area contributed by atoms with Crippen molar-refractivity contribution in [1.82, 2.24) is 4.90 Å². The zero-order valence-corrected chi connectivity index (χ0v) is 19.3. The standard InChI is InChI=1S/C21H23Cl2N3O4S/c1-31(29,30)26(18-11-7-9-16(22)20(18)23)14-19(27)24-17-10-4-3-8-15(17)21(28)25-12-5-2-6-13-25/h3-4,7-11H,2,5-6,12-14H2,1H3,(H,24,27). The van der Waals surface area contributed by atoms with E-state index in [4.69, 9.17) is 23.2 Å². The van der Waals surface area contributed by atoms with Crippen LogP contribution in [-0.2, 0) is 14.8 Å². The van der Waals surface area contributed by atoms with Gasteiger partial charge in [0.1, 0.15) is 6.54 Å². The summed E-state index contributed by atoms with van der Waals surface area (Å²) in [4.78, 5) is 27.5. The van der Waals surface area contributed by atoms with E-state index < -0.39 is 22.5 Å². The van der Waals surface area contributed by atoms with Gasteiger partial charge in [-0.25, -0.2) is 8.42 Å². The largest absolute Gasteiger partial charge is 0.339 e. The van der Waals surface area contributed by atoms with Gasteiger partial charge >= 0.3 is 0 Å². The number of para-hydroxylation sites is 1. The van der Waals surface area contributed by atoms with Crippen molar-refractivity contribution in [3.8, 4) is 0 Å². The number of sulfonamides is 1. The van der Waals surface area contributed by atoms with Crippen LogP contribution in [0.2, 0.25) is 10.0 Å². The van der Waals surface area contributed by atoms with Gasteiger partial charge in [0, 0.05) is 13.1 Å². The molecule has 0 spiro atoms. The third-order valence-electron chi connectivity index (χ3n) is 4.96. The average Bonchev–Trinajstić information content (AvgIpc) is 2.74. The van der Waals surface area contributed by atoms with Crippen LogP contribution >= 0.6 is 23.2 Å². The topological polar surface area (TPSA) is 86.8 Å². The second-order valence-corrected chi connectivity index (χ2v) is 9.98. The van der Waals surface area contributed by atoms with E-state index in [0.717, 1.165) is 29.8 Å². The van der Waals surface area contributed by atoms with E-state index in [1.165, 1.54) is 12.1 Å². The Bertz CT molecular complexity index is 1090. The quantitative estimate of drug-likeness (QED) is 0.671. The van der Waals surface area contributed by atoms with Crippen LogP contribution in [0.1, 0.15) is 29.6 Å². The number of nitrogens with one attached hydrogen (secondary N) is 1. The third-order valence-corrected chi connectivity index (χ3v) is 6.90. The molecule has 2 aromatic carbocycles. The van der Waals surface area contributed by atoms with Crippen molar-refractivity contribution < 1.29 is 18.0 Å². The van der Waals surface area contributed by atoms with Gasteiger partial charge < -0.3 is 10.2 Å². The first-order valence-electron chi connectivity index (χ1n) is 9.78. The van der Waals surface area contributed by atoms with Gasteiger partial charge in [0.25, 0.3) is 5.91 Å². The van der Waals surface area contributed by atoms with Gasteiger partial charge in [-0.3, -0.25) is 13.9 Å². The van der Waals surface area contributed by atoms with Crippen molar-refractivity contribution >= 4 is 56.4 Å². The number of hydrogen-bond donors (Lipinski definition) is 1. The van der Waals surface area contributed by atoms with Gasteiger partial charge in [0.15, 0.2) is 0 Å². The molecule has 166 valence electrons. The van der Waals surface area contributed by atoms with Crippen molar-refractivity contribution in [2.24, 2.45) is 0 Å². The summed E-state index contributed by atoms with van der Waals surface area (Å²) in [6.07, 6.45) is 3.97. The molecule has 0 atom stereocenters. The Morgan fingerprint density at radius 1 is 1.03 bits per heavy atom. The zero-order chi connectivity index (χ0) is 22.6. The number of amides is 2. The molecule has 1 fully saturated rings. The van der Waals surface area contributed by atoms with Gasteiger partial charge in [-0.05, 0) is 43.5 Å². The third kappa shape index (κ3) is 5.70. The first-order valence-corrected chi connectivity index (χ1v) is 12.4. The number of rotatable bonds is 6. The molecule has 0 radical (unpaired) electrons. The minimum absolute atomic E-state index is 0.0306. The lowest BCUT2D eigenvalue weighted by Gasteiger charge is -2.27. The van der Waals surface area contributed by atoms with Gasteiger partial charge in [-0.15, -0.1) is 0 Å². The van der Waals surface area contributed by atoms with Crippen molar-refractivity contribution in [3.05, 3.63) is 58.1 Å². The minimum Gasteiger partial charge on any atom is -0.339 e. The maximum absolute atomic E-state index is 12.9. The molecule has 0 bridgehead atoms. The molecule has 0 aliphatic carbocycles. The molecule has 31 heavy (non-hydrogen) atoms. The number of nitrogens with zero attached hydrogens (tertiary/aromatic N) is 2. The molecule has 2 aromatic rings. The number of hydrogen-bond acceptors (Lipinski definition) is 4. The molecule has 0 unspecified atom stereocenters. The Labute approximate surface area is 192 Å². The molecular weight excluding hydrogens is 461 g/mol. The lowest BCUT2D eigenvalue weighted by molar-refractivity contribution is -0.114. The summed E-state index contributed by atoms with van der Waals surface area (Å²) < 4.78 is 25.6. The first kappa shape index (κ1) is 23.4. The van der Waals surface area contributed by atoms with E-state index >= 15 is 0 Å². The van der Waals surface area contributed by atoms with E-state index in [1.54, 1.807) is 35.2 Å². The molecule has 10 heteroatoms. The highest BCUT2D eigenvalue weighted by molar-refractivity contribution is 7.92. The van der Waals surface area contributed by atoms with Crippen LogP contribution in [0.15, 0.2) is 42.5 Å². The second-order valence-electron chi connectivity index (χ2n) is 7.29. The second kappa shape index (κ2) is 9.89. The van der Waals surface area contributed by atoms with Gasteiger partial charge in [0.2, 0.25) is 15.9 Å². The number of likely N-dealkylation sites (tertiary alicyclic amines) is 1. The van der Waals surface area contributed by atoms with Gasteiger partial charge in [-0.2, -0.15) is 0 Å². The molecule has 0 aromatic heterocycles. The van der Waals surface area contributed by atoms with Crippen molar-refractivity contribution in [2.75, 3.05) is 35.5 Å². The van der Waals surface area contributed by atoms with Crippen molar-refractivity contribution in [1.29, 1.82) is 0 Å². The molecule has 1 N–H and O–H groups in total. The molecule has 0 saturated carbocycles. The number of carbonyl (C=O) groups is 2. The fourth-order valence-corrected chi connectivity index (χ4v) is 4.74. The van der Waals surface area contributed by atoms with E-state index in [9.17, 15) is 18.0 Å². The van der Waals surface area contributed by atoms with Crippen LogP contribution < -0.4 is 9.62 Å². The zero-order valence-electron chi connectivity index (χ0n) is 17.0. The highest BCUT2D eigenvalue weighted by Gasteiger charge is 2.25. The molecule has 1 saturated heterocycles. The number of carbonyl (C=O) groups excluding carboxylic acids is 2. The molecule has 2 amide bonds. The number of halogens is 2. The van der Waals surface area contributed by atoms with E-state index in [-0.39, 0.29) is 21.6 Å². The van der Waals surface area contributed by atoms with Crippen LogP contribution in [-0.4, -0.2) is 51.0 Å². The highest BCUT2D eigenvalue weighted by atomic mass is 35.5. The number of benzene rings is 2. The Morgan fingerprint density at radius 3 is 2.39 bits per heavy atom. The fraction of sp³-hybridized carbons (Fsp3) is 0.333. The van der Waals surface area contributed by atoms with E-state index in [0.29, 0.717) is 24.3 Å². The first-order chi connectivity index (χ1) is 14.7. The summed E-state index contributed by atoms with van der Waals surface area (Å²) in [5.41, 5.74) is 0.794. The predicted molar refractivity (Wildman–Crippen MR) is 123 cm³/mol. The molecule has 7 nitrogen and oxygen atoms in total. The summed E-state index contributed by atoms with van der Waals surface area (Å²) in [5.74, 6) is -0.770. The summed E-state index contributed by atoms with van der Waals surface area (Å²) in [6.45, 7) is 0.831. The monoisotopic (exact) mass is 483 g/mol. The lowest BCUT2D eigenvalue weighted by Crippen LogP contribution is -2.38. The Kier molecular flexibility index (Phi) is 7.46. The van der Waals surface area contributed by atoms with Crippen molar-refractivity contribution in [3.63, 3.8) is 0 Å². The number of anilines is 2. The Balaban J connectivity index is 1.82. The molecule has 1 aliphatic heterocycles. The van der Waals surface area contributed by atoms with Crippen LogP contribution in [0, 0.1) is 0 Å². The minimum atomic E-state index is -3.83. The number of piperidine rings is 1. The average molecular weight is 484 g/mol. The van der Waals surface area contributed by atoms with Crippen LogP contribution in [0.3, 0.4) is 0 Å². The van der Waals surface area contributed by atoms with Crippen LogP contribution in [0.5, 0.6) is 0 Å². The van der Waals surface area contributed by atoms with Gasteiger partial charge in [-0.1, -0.05) is 41.4 Å². The molecule has 1 heterocycles. The Morgan fingerprint density at radius 2 is 1.71 bits per heavy atom. The van der Waals surface area contributed by atoms with E-state index in [1.807, 2.05) is 0 Å². The van der Waals surface area contributed by atoms with Crippen LogP contribution in [0.4, 0.5) is 11.4 Å². The van der Waals surface area contributed by atoms with Crippen molar-refractivity contribution in [2.45, 2.75) is 19.3 Å². The smallest absolute Gasteiger partial charge is 0.255 e. The van der Waals surface area contributed by atoms with Gasteiger partial charge in [0.05, 0.1) is 33.2 Å². The molecule has 1 aliphatic rings.